The van der Waals surface area contributed by atoms with E-state index in [0.717, 1.165) is 11.8 Å². The molecule has 0 heterocycles. The van der Waals surface area contributed by atoms with E-state index in [0.29, 0.717) is 0 Å². The molecule has 0 aromatic heterocycles. The highest BCUT2D eigenvalue weighted by molar-refractivity contribution is 7.80. The van der Waals surface area contributed by atoms with Gasteiger partial charge in [-0.25, -0.2) is 0 Å². The van der Waals surface area contributed by atoms with Gasteiger partial charge in [-0.3, -0.25) is 0 Å². The molecule has 0 aromatic rings. The molecule has 0 spiro atoms. The summed E-state index contributed by atoms with van der Waals surface area (Å²) >= 11 is 4.21. The molecule has 0 aromatic carbocycles. The first-order valence-corrected chi connectivity index (χ1v) is 9.55. The molecule has 0 saturated carbocycles. The van der Waals surface area contributed by atoms with E-state index >= 15 is 0 Å². The molecule has 4 heteroatoms. The molecule has 0 aliphatic rings. The minimum Gasteiger partial charge on any atom is -0.398 e. The molecule has 0 rings (SSSR count). The number of hydrogen-bond acceptors (Lipinski definition) is 3. The molecule has 0 aliphatic heterocycles. The van der Waals surface area contributed by atoms with E-state index < -0.39 is 8.56 Å². The van der Waals surface area contributed by atoms with Crippen molar-refractivity contribution in [2.75, 3.05) is 20.0 Å². The summed E-state index contributed by atoms with van der Waals surface area (Å²) in [7, 11) is 1.75. The zero-order chi connectivity index (χ0) is 12.3. The van der Waals surface area contributed by atoms with Crippen LogP contribution in [0.3, 0.4) is 0 Å². The summed E-state index contributed by atoms with van der Waals surface area (Å²) in [5.74, 6) is 1.03. The van der Waals surface area contributed by atoms with Gasteiger partial charge in [0, 0.05) is 14.2 Å². The van der Waals surface area contributed by atoms with Crippen LogP contribution in [0.25, 0.3) is 0 Å². The monoisotopic (exact) mass is 264 g/mol. The molecule has 0 saturated heterocycles. The van der Waals surface area contributed by atoms with Crippen LogP contribution in [-0.2, 0) is 8.85 Å². The van der Waals surface area contributed by atoms with Crippen LogP contribution < -0.4 is 0 Å². The van der Waals surface area contributed by atoms with Crippen molar-refractivity contribution in [2.24, 2.45) is 0 Å². The van der Waals surface area contributed by atoms with E-state index in [1.165, 1.54) is 44.9 Å². The molecule has 16 heavy (non-hydrogen) atoms. The molecule has 0 atom stereocenters. The number of unbranched alkanes of at least 4 members (excludes halogenated alkanes) is 6. The Morgan fingerprint density at radius 3 is 1.69 bits per heavy atom. The molecule has 0 bridgehead atoms. The van der Waals surface area contributed by atoms with Gasteiger partial charge < -0.3 is 8.85 Å². The highest BCUT2D eigenvalue weighted by Gasteiger charge is 2.27. The first-order chi connectivity index (χ1) is 7.68. The highest BCUT2D eigenvalue weighted by Crippen LogP contribution is 2.17. The molecule has 98 valence electrons. The van der Waals surface area contributed by atoms with Gasteiger partial charge in [-0.15, -0.1) is 0 Å². The van der Waals surface area contributed by atoms with Crippen LogP contribution in [0.15, 0.2) is 0 Å². The van der Waals surface area contributed by atoms with E-state index in [-0.39, 0.29) is 0 Å². The summed E-state index contributed by atoms with van der Waals surface area (Å²) in [4.78, 5) is 0. The fourth-order valence-corrected chi connectivity index (χ4v) is 3.42. The zero-order valence-electron chi connectivity index (χ0n) is 11.1. The average Bonchev–Trinajstić information content (AvgIpc) is 2.32. The molecular weight excluding hydrogens is 236 g/mol. The molecule has 0 amide bonds. The highest BCUT2D eigenvalue weighted by atomic mass is 32.1. The lowest BCUT2D eigenvalue weighted by atomic mass is 10.1. The van der Waals surface area contributed by atoms with Crippen molar-refractivity contribution in [2.45, 2.75) is 57.5 Å². The Balaban J connectivity index is 3.26. The third-order valence-electron chi connectivity index (χ3n) is 3.15. The second kappa shape index (κ2) is 10.6. The lowest BCUT2D eigenvalue weighted by molar-refractivity contribution is 0.248. The third kappa shape index (κ3) is 8.62. The van der Waals surface area contributed by atoms with Crippen molar-refractivity contribution in [3.63, 3.8) is 0 Å². The van der Waals surface area contributed by atoms with E-state index in [1.807, 2.05) is 0 Å². The van der Waals surface area contributed by atoms with Gasteiger partial charge in [-0.2, -0.15) is 12.6 Å². The van der Waals surface area contributed by atoms with Gasteiger partial charge in [-0.05, 0) is 24.8 Å². The Labute approximate surface area is 108 Å². The van der Waals surface area contributed by atoms with Crippen molar-refractivity contribution in [3.8, 4) is 0 Å². The van der Waals surface area contributed by atoms with Crippen molar-refractivity contribution in [1.29, 1.82) is 0 Å². The summed E-state index contributed by atoms with van der Waals surface area (Å²) in [5, 5.41) is 0. The van der Waals surface area contributed by atoms with E-state index in [2.05, 4.69) is 19.2 Å². The van der Waals surface area contributed by atoms with Gasteiger partial charge in [0.2, 0.25) is 0 Å². The van der Waals surface area contributed by atoms with Gasteiger partial charge in [-0.1, -0.05) is 38.5 Å². The normalized spacial score (nSPS) is 12.0. The molecule has 0 unspecified atom stereocenters. The second-order valence-electron chi connectivity index (χ2n) is 4.49. The Morgan fingerprint density at radius 2 is 1.25 bits per heavy atom. The maximum Gasteiger partial charge on any atom is 0.334 e. The number of hydrogen-bond donors (Lipinski definition) is 1. The summed E-state index contributed by atoms with van der Waals surface area (Å²) in [6.45, 7) is 2.14. The Kier molecular flexibility index (Phi) is 11.0. The van der Waals surface area contributed by atoms with E-state index in [4.69, 9.17) is 8.85 Å². The summed E-state index contributed by atoms with van der Waals surface area (Å²) in [6.07, 6.45) is 9.25. The lowest BCUT2D eigenvalue weighted by Gasteiger charge is -2.22. The van der Waals surface area contributed by atoms with Gasteiger partial charge in [0.15, 0.2) is 0 Å². The minimum absolute atomic E-state index is 1.03. The average molecular weight is 265 g/mol. The Hall–Kier alpha value is 0.487. The number of rotatable bonds is 11. The molecule has 0 aliphatic carbocycles. The second-order valence-corrected chi connectivity index (χ2v) is 8.52. The van der Waals surface area contributed by atoms with Gasteiger partial charge >= 0.3 is 8.56 Å². The van der Waals surface area contributed by atoms with Crippen LogP contribution >= 0.6 is 12.6 Å². The van der Waals surface area contributed by atoms with Gasteiger partial charge in [0.1, 0.15) is 0 Å². The topological polar surface area (TPSA) is 18.5 Å². The van der Waals surface area contributed by atoms with Gasteiger partial charge in [0.25, 0.3) is 0 Å². The van der Waals surface area contributed by atoms with Crippen molar-refractivity contribution in [3.05, 3.63) is 0 Å². The van der Waals surface area contributed by atoms with Crippen LogP contribution in [0.2, 0.25) is 12.6 Å². The largest absolute Gasteiger partial charge is 0.398 e. The van der Waals surface area contributed by atoms with Crippen molar-refractivity contribution >= 4 is 21.2 Å². The zero-order valence-corrected chi connectivity index (χ0v) is 13.0. The fraction of sp³-hybridized carbons (Fsp3) is 1.00. The van der Waals surface area contributed by atoms with Crippen LogP contribution in [0.4, 0.5) is 0 Å². The smallest absolute Gasteiger partial charge is 0.334 e. The molecule has 0 fully saturated rings. The quantitative estimate of drug-likeness (QED) is 0.345. The van der Waals surface area contributed by atoms with E-state index in [9.17, 15) is 0 Å². The van der Waals surface area contributed by atoms with Crippen LogP contribution in [0, 0.1) is 0 Å². The molecule has 0 radical (unpaired) electrons. The van der Waals surface area contributed by atoms with Crippen LogP contribution in [0.5, 0.6) is 0 Å². The van der Waals surface area contributed by atoms with Crippen molar-refractivity contribution in [1.82, 2.24) is 0 Å². The standard InChI is InChI=1S/C12H28O2SSi/c1-13-16(3,14-2)12-10-8-6-4-5-7-9-11-15/h15H,4-12H2,1-3H3. The van der Waals surface area contributed by atoms with Crippen LogP contribution in [-0.4, -0.2) is 28.5 Å². The van der Waals surface area contributed by atoms with Crippen LogP contribution in [0.1, 0.15) is 44.9 Å². The first kappa shape index (κ1) is 16.5. The summed E-state index contributed by atoms with van der Waals surface area (Å²) in [6, 6.07) is 1.12. The first-order valence-electron chi connectivity index (χ1n) is 6.39. The predicted octanol–water partition coefficient (Wildman–Crippen LogP) is 4.01. The maximum absolute atomic E-state index is 5.45. The minimum atomic E-state index is -1.79. The summed E-state index contributed by atoms with van der Waals surface area (Å²) < 4.78 is 10.9. The maximum atomic E-state index is 5.45. The number of thiol groups is 1. The SMILES string of the molecule is CO[Si](C)(CCCCCCCCCS)OC. The summed E-state index contributed by atoms with van der Waals surface area (Å²) in [5.41, 5.74) is 0. The van der Waals surface area contributed by atoms with E-state index in [1.54, 1.807) is 14.2 Å². The Bertz CT molecular complexity index is 152. The fourth-order valence-electron chi connectivity index (χ4n) is 1.73. The van der Waals surface area contributed by atoms with Crippen molar-refractivity contribution < 1.29 is 8.85 Å². The molecule has 0 N–H and O–H groups in total. The van der Waals surface area contributed by atoms with Gasteiger partial charge in [0.05, 0.1) is 0 Å². The molecular formula is C12H28O2SSi. The predicted molar refractivity (Wildman–Crippen MR) is 76.6 cm³/mol. The lowest BCUT2D eigenvalue weighted by Crippen LogP contribution is -2.35. The Morgan fingerprint density at radius 1 is 0.812 bits per heavy atom. The third-order valence-corrected chi connectivity index (χ3v) is 6.46. The molecule has 2 nitrogen and oxygen atoms in total.